The fraction of sp³-hybridized carbons (Fsp3) is 0.357. The Morgan fingerprint density at radius 3 is 2.71 bits per heavy atom. The van der Waals surface area contributed by atoms with E-state index in [2.05, 4.69) is 43.1 Å². The molecule has 2 heterocycles. The predicted molar refractivity (Wildman–Crippen MR) is 138 cm³/mol. The zero-order chi connectivity index (χ0) is 25.0. The molecular formula is C28H32ClF2N3. The molecule has 0 bridgehead atoms. The van der Waals surface area contributed by atoms with Crippen LogP contribution in [0.25, 0.3) is 0 Å². The second kappa shape index (κ2) is 11.0. The van der Waals surface area contributed by atoms with Crippen molar-refractivity contribution < 1.29 is 8.78 Å². The summed E-state index contributed by atoms with van der Waals surface area (Å²) >= 11 is 6.31. The van der Waals surface area contributed by atoms with Crippen LogP contribution in [0.15, 0.2) is 71.9 Å². The van der Waals surface area contributed by atoms with Gasteiger partial charge in [-0.2, -0.15) is 0 Å². The molecule has 1 fully saturated rings. The number of nitrogens with zero attached hydrogens (tertiary/aromatic N) is 2. The molecular weight excluding hydrogens is 452 g/mol. The van der Waals surface area contributed by atoms with Gasteiger partial charge in [-0.15, -0.1) is 6.42 Å². The first kappa shape index (κ1) is 25.6. The Hall–Kier alpha value is -2.97. The average Bonchev–Trinajstić information content (AvgIpc) is 3.22. The van der Waals surface area contributed by atoms with Gasteiger partial charge in [0, 0.05) is 48.4 Å². The molecule has 2 aliphatic rings. The third-order valence-electron chi connectivity index (χ3n) is 6.34. The maximum absolute atomic E-state index is 15.0. The second-order valence-electron chi connectivity index (χ2n) is 8.70. The monoisotopic (exact) mass is 483 g/mol. The molecule has 0 spiro atoms. The number of nitrogens with one attached hydrogen (secondary N) is 1. The fourth-order valence-corrected chi connectivity index (χ4v) is 4.78. The number of hydrogen-bond donors (Lipinski definition) is 1. The summed E-state index contributed by atoms with van der Waals surface area (Å²) in [5.41, 5.74) is 4.68. The van der Waals surface area contributed by atoms with Gasteiger partial charge in [0.05, 0.1) is 10.7 Å². The van der Waals surface area contributed by atoms with Crippen LogP contribution >= 0.6 is 11.6 Å². The van der Waals surface area contributed by atoms with Crippen LogP contribution in [0.4, 0.5) is 14.5 Å². The Morgan fingerprint density at radius 1 is 1.38 bits per heavy atom. The number of benzene rings is 1. The number of likely N-dealkylation sites (tertiary alicyclic amines) is 1. The van der Waals surface area contributed by atoms with Crippen LogP contribution < -0.4 is 10.2 Å². The highest BCUT2D eigenvalue weighted by atomic mass is 35.5. The van der Waals surface area contributed by atoms with E-state index in [9.17, 15) is 8.78 Å². The molecule has 6 heteroatoms. The molecule has 180 valence electrons. The van der Waals surface area contributed by atoms with Crippen molar-refractivity contribution in [3.05, 3.63) is 88.5 Å². The highest BCUT2D eigenvalue weighted by Gasteiger charge is 2.34. The molecule has 1 aromatic carbocycles. The molecule has 2 unspecified atom stereocenters. The van der Waals surface area contributed by atoms with Crippen molar-refractivity contribution in [2.75, 3.05) is 18.0 Å². The van der Waals surface area contributed by atoms with E-state index in [0.717, 1.165) is 72.7 Å². The maximum atomic E-state index is 15.0. The standard InChI is InChI=1S/C28H32ClF2N3/c1-7-13-32-21(6)24-17-34(28-25(29)15-22(30)16-26(28)31)27(8-2)23(20(24)5)12-11-19(4)33-14-9-10-18(33)3/h2,11-12,15-17,20,27,32H,3,6-7,9-10,13-14H2,1,4-5H3/b19-11+,23-12-. The van der Waals surface area contributed by atoms with Gasteiger partial charge in [-0.25, -0.2) is 8.78 Å². The summed E-state index contributed by atoms with van der Waals surface area (Å²) in [6.07, 6.45) is 14.8. The Labute approximate surface area is 207 Å². The van der Waals surface area contributed by atoms with E-state index < -0.39 is 17.7 Å². The van der Waals surface area contributed by atoms with E-state index in [1.807, 2.05) is 19.1 Å². The molecule has 0 aliphatic carbocycles. The van der Waals surface area contributed by atoms with E-state index in [1.54, 1.807) is 11.1 Å². The molecule has 0 saturated carbocycles. The van der Waals surface area contributed by atoms with Crippen molar-refractivity contribution in [2.45, 2.75) is 46.1 Å². The zero-order valence-corrected chi connectivity index (χ0v) is 20.9. The van der Waals surface area contributed by atoms with Crippen LogP contribution in [0.5, 0.6) is 0 Å². The Morgan fingerprint density at radius 2 is 2.12 bits per heavy atom. The van der Waals surface area contributed by atoms with Crippen LogP contribution in [0, 0.1) is 29.9 Å². The summed E-state index contributed by atoms with van der Waals surface area (Å²) < 4.78 is 28.7. The number of terminal acetylenes is 1. The first-order chi connectivity index (χ1) is 16.2. The minimum Gasteiger partial charge on any atom is -0.385 e. The lowest BCUT2D eigenvalue weighted by Gasteiger charge is -2.39. The minimum atomic E-state index is -0.776. The topological polar surface area (TPSA) is 18.5 Å². The minimum absolute atomic E-state index is 0.0400. The lowest BCUT2D eigenvalue weighted by atomic mass is 9.82. The van der Waals surface area contributed by atoms with Gasteiger partial charge < -0.3 is 15.1 Å². The maximum Gasteiger partial charge on any atom is 0.151 e. The van der Waals surface area contributed by atoms with E-state index in [0.29, 0.717) is 0 Å². The summed E-state index contributed by atoms with van der Waals surface area (Å²) in [6, 6.07) is 1.30. The molecule has 1 N–H and O–H groups in total. The molecule has 0 aromatic heterocycles. The van der Waals surface area contributed by atoms with Crippen molar-refractivity contribution >= 4 is 17.3 Å². The number of hydrogen-bond acceptors (Lipinski definition) is 3. The number of anilines is 1. The third-order valence-corrected chi connectivity index (χ3v) is 6.63. The molecule has 0 radical (unpaired) electrons. The molecule has 1 aromatic rings. The summed E-state index contributed by atoms with van der Waals surface area (Å²) in [5, 5.41) is 3.27. The molecule has 0 amide bonds. The summed E-state index contributed by atoms with van der Waals surface area (Å²) in [4.78, 5) is 3.80. The fourth-order valence-electron chi connectivity index (χ4n) is 4.48. The van der Waals surface area contributed by atoms with Crippen molar-refractivity contribution in [2.24, 2.45) is 5.92 Å². The van der Waals surface area contributed by atoms with Crippen molar-refractivity contribution in [3.63, 3.8) is 0 Å². The average molecular weight is 484 g/mol. The molecule has 34 heavy (non-hydrogen) atoms. The SMILES string of the molecule is C#CC1/C(=C\C=C(/C)N2CCCC2=C)C(C)C(C(=C)NCCC)=CN1c1c(F)cc(F)cc1Cl. The summed E-state index contributed by atoms with van der Waals surface area (Å²) in [5.74, 6) is 1.19. The van der Waals surface area contributed by atoms with Gasteiger partial charge in [0.2, 0.25) is 0 Å². The van der Waals surface area contributed by atoms with Crippen LogP contribution in [0.2, 0.25) is 5.02 Å². The Bertz CT molecular complexity index is 1090. The Balaban J connectivity index is 2.13. The van der Waals surface area contributed by atoms with Crippen LogP contribution in [-0.4, -0.2) is 24.0 Å². The first-order valence-corrected chi connectivity index (χ1v) is 11.9. The molecule has 3 nitrogen and oxygen atoms in total. The smallest absolute Gasteiger partial charge is 0.151 e. The largest absolute Gasteiger partial charge is 0.385 e. The van der Waals surface area contributed by atoms with Gasteiger partial charge in [-0.3, -0.25) is 0 Å². The van der Waals surface area contributed by atoms with Crippen LogP contribution in [0.3, 0.4) is 0 Å². The highest BCUT2D eigenvalue weighted by molar-refractivity contribution is 6.33. The molecule has 2 aliphatic heterocycles. The van der Waals surface area contributed by atoms with Crippen molar-refractivity contribution in [1.82, 2.24) is 10.2 Å². The normalized spacial score (nSPS) is 22.1. The molecule has 2 atom stereocenters. The zero-order valence-electron chi connectivity index (χ0n) is 20.1. The molecule has 3 rings (SSSR count). The van der Waals surface area contributed by atoms with Crippen LogP contribution in [-0.2, 0) is 0 Å². The number of rotatable bonds is 7. The van der Waals surface area contributed by atoms with Gasteiger partial charge in [0.1, 0.15) is 11.9 Å². The lowest BCUT2D eigenvalue weighted by Crippen LogP contribution is -2.40. The molecule has 1 saturated heterocycles. The van der Waals surface area contributed by atoms with E-state index in [1.165, 1.54) is 0 Å². The van der Waals surface area contributed by atoms with E-state index >= 15 is 0 Å². The Kier molecular flexibility index (Phi) is 8.28. The third kappa shape index (κ3) is 5.23. The van der Waals surface area contributed by atoms with Gasteiger partial charge >= 0.3 is 0 Å². The second-order valence-corrected chi connectivity index (χ2v) is 9.11. The quantitative estimate of drug-likeness (QED) is 0.425. The van der Waals surface area contributed by atoms with Gasteiger partial charge in [0.25, 0.3) is 0 Å². The highest BCUT2D eigenvalue weighted by Crippen LogP contribution is 2.41. The van der Waals surface area contributed by atoms with E-state index in [-0.39, 0.29) is 16.6 Å². The van der Waals surface area contributed by atoms with Gasteiger partial charge in [0.15, 0.2) is 5.82 Å². The van der Waals surface area contributed by atoms with E-state index in [4.69, 9.17) is 18.0 Å². The van der Waals surface area contributed by atoms with Crippen LogP contribution in [0.1, 0.15) is 40.0 Å². The number of halogens is 3. The predicted octanol–water partition coefficient (Wildman–Crippen LogP) is 6.91. The summed E-state index contributed by atoms with van der Waals surface area (Å²) in [7, 11) is 0. The van der Waals surface area contributed by atoms with Crippen molar-refractivity contribution in [1.29, 1.82) is 0 Å². The van der Waals surface area contributed by atoms with Gasteiger partial charge in [-0.05, 0) is 49.5 Å². The van der Waals surface area contributed by atoms with Crippen molar-refractivity contribution in [3.8, 4) is 12.3 Å². The number of allylic oxidation sites excluding steroid dienone is 5. The first-order valence-electron chi connectivity index (χ1n) is 11.6. The summed E-state index contributed by atoms with van der Waals surface area (Å²) in [6.45, 7) is 16.2. The lowest BCUT2D eigenvalue weighted by molar-refractivity contribution is 0.491. The van der Waals surface area contributed by atoms with Gasteiger partial charge in [-0.1, -0.05) is 50.6 Å².